The fourth-order valence-electron chi connectivity index (χ4n) is 3.17. The number of nitrogens with zero attached hydrogens (tertiary/aromatic N) is 1. The summed E-state index contributed by atoms with van der Waals surface area (Å²) in [5.74, 6) is -0.149. The van der Waals surface area contributed by atoms with Gasteiger partial charge in [-0.05, 0) is 41.5 Å². The van der Waals surface area contributed by atoms with E-state index in [2.05, 4.69) is 35.4 Å². The molecule has 1 unspecified atom stereocenters. The molecule has 3 nitrogen and oxygen atoms in total. The summed E-state index contributed by atoms with van der Waals surface area (Å²) >= 11 is 1.84. The highest BCUT2D eigenvalue weighted by atomic mass is 32.1. The Balaban J connectivity index is 1.89. The third kappa shape index (κ3) is 3.08. The quantitative estimate of drug-likeness (QED) is 0.805. The molecule has 0 aliphatic carbocycles. The Kier molecular flexibility index (Phi) is 4.60. The van der Waals surface area contributed by atoms with Gasteiger partial charge in [0, 0.05) is 24.0 Å². The number of ether oxygens (including phenoxy) is 1. The standard InChI is InChI=1S/C18H21NO2S/c1-13-5-3-4-6-15(13)16(11-18(20)21-2)19-9-7-17-14(12-19)8-10-22-17/h3-6,8,10,16H,7,9,11-12H2,1-2H3. The van der Waals surface area contributed by atoms with Crippen molar-refractivity contribution >= 4 is 17.3 Å². The van der Waals surface area contributed by atoms with Gasteiger partial charge < -0.3 is 4.74 Å². The van der Waals surface area contributed by atoms with Gasteiger partial charge in [-0.3, -0.25) is 9.69 Å². The summed E-state index contributed by atoms with van der Waals surface area (Å²) in [7, 11) is 1.46. The number of carbonyl (C=O) groups excluding carboxylic acids is 1. The van der Waals surface area contributed by atoms with Crippen LogP contribution in [-0.4, -0.2) is 24.5 Å². The number of methoxy groups -OCH3 is 1. The molecule has 0 radical (unpaired) electrons. The van der Waals surface area contributed by atoms with Gasteiger partial charge in [0.05, 0.1) is 13.5 Å². The minimum atomic E-state index is -0.149. The number of hydrogen-bond donors (Lipinski definition) is 0. The van der Waals surface area contributed by atoms with E-state index in [1.807, 2.05) is 23.5 Å². The lowest BCUT2D eigenvalue weighted by Crippen LogP contribution is -2.35. The monoisotopic (exact) mass is 315 g/mol. The highest BCUT2D eigenvalue weighted by Gasteiger charge is 2.28. The van der Waals surface area contributed by atoms with E-state index in [-0.39, 0.29) is 12.0 Å². The zero-order valence-electron chi connectivity index (χ0n) is 13.0. The van der Waals surface area contributed by atoms with Crippen LogP contribution in [-0.2, 0) is 22.5 Å². The van der Waals surface area contributed by atoms with Crippen LogP contribution < -0.4 is 0 Å². The van der Waals surface area contributed by atoms with E-state index in [9.17, 15) is 4.79 Å². The number of benzene rings is 1. The molecule has 0 amide bonds. The minimum absolute atomic E-state index is 0.0849. The van der Waals surface area contributed by atoms with Gasteiger partial charge in [-0.2, -0.15) is 0 Å². The summed E-state index contributed by atoms with van der Waals surface area (Å²) < 4.78 is 4.92. The molecule has 2 aromatic rings. The average Bonchev–Trinajstić information content (AvgIpc) is 3.00. The van der Waals surface area contributed by atoms with Gasteiger partial charge in [0.2, 0.25) is 0 Å². The predicted octanol–water partition coefficient (Wildman–Crippen LogP) is 3.72. The van der Waals surface area contributed by atoms with Crippen LogP contribution >= 0.6 is 11.3 Å². The summed E-state index contributed by atoms with van der Waals surface area (Å²) in [5.41, 5.74) is 3.86. The highest BCUT2D eigenvalue weighted by Crippen LogP contribution is 2.33. The Hall–Kier alpha value is -1.65. The number of hydrogen-bond acceptors (Lipinski definition) is 4. The van der Waals surface area contributed by atoms with Crippen molar-refractivity contribution in [3.05, 3.63) is 57.3 Å². The van der Waals surface area contributed by atoms with Crippen LogP contribution in [0.5, 0.6) is 0 Å². The molecular formula is C18H21NO2S. The molecule has 1 atom stereocenters. The Morgan fingerprint density at radius 1 is 1.36 bits per heavy atom. The molecule has 1 aromatic carbocycles. The van der Waals surface area contributed by atoms with Crippen LogP contribution in [0.2, 0.25) is 0 Å². The van der Waals surface area contributed by atoms with Gasteiger partial charge in [0.15, 0.2) is 0 Å². The van der Waals surface area contributed by atoms with Crippen molar-refractivity contribution in [1.82, 2.24) is 4.90 Å². The Labute approximate surface area is 135 Å². The zero-order chi connectivity index (χ0) is 15.5. The van der Waals surface area contributed by atoms with Crippen molar-refractivity contribution in [3.63, 3.8) is 0 Å². The largest absolute Gasteiger partial charge is 0.469 e. The maximum atomic E-state index is 11.9. The van der Waals surface area contributed by atoms with Crippen molar-refractivity contribution in [3.8, 4) is 0 Å². The van der Waals surface area contributed by atoms with Gasteiger partial charge in [-0.15, -0.1) is 11.3 Å². The average molecular weight is 315 g/mol. The summed E-state index contributed by atoms with van der Waals surface area (Å²) in [6.07, 6.45) is 1.47. The SMILES string of the molecule is COC(=O)CC(c1ccccc1C)N1CCc2sccc2C1. The lowest BCUT2D eigenvalue weighted by Gasteiger charge is -2.35. The molecule has 4 heteroatoms. The maximum absolute atomic E-state index is 11.9. The van der Waals surface area contributed by atoms with Crippen LogP contribution in [0, 0.1) is 6.92 Å². The van der Waals surface area contributed by atoms with E-state index in [1.54, 1.807) is 0 Å². The van der Waals surface area contributed by atoms with E-state index in [0.29, 0.717) is 6.42 Å². The van der Waals surface area contributed by atoms with Crippen LogP contribution in [0.3, 0.4) is 0 Å². The van der Waals surface area contributed by atoms with Crippen LogP contribution in [0.25, 0.3) is 0 Å². The van der Waals surface area contributed by atoms with E-state index in [1.165, 1.54) is 28.7 Å². The highest BCUT2D eigenvalue weighted by molar-refractivity contribution is 7.10. The molecule has 1 aromatic heterocycles. The number of esters is 1. The van der Waals surface area contributed by atoms with E-state index >= 15 is 0 Å². The van der Waals surface area contributed by atoms with Crippen molar-refractivity contribution in [2.24, 2.45) is 0 Å². The zero-order valence-corrected chi connectivity index (χ0v) is 13.9. The minimum Gasteiger partial charge on any atom is -0.469 e. The van der Waals surface area contributed by atoms with E-state index in [0.717, 1.165) is 19.5 Å². The molecule has 1 aliphatic rings. The third-order valence-corrected chi connectivity index (χ3v) is 5.44. The first-order chi connectivity index (χ1) is 10.7. The van der Waals surface area contributed by atoms with E-state index < -0.39 is 0 Å². The van der Waals surface area contributed by atoms with Crippen LogP contribution in [0.4, 0.5) is 0 Å². The first-order valence-electron chi connectivity index (χ1n) is 7.60. The molecule has 0 fully saturated rings. The third-order valence-electron chi connectivity index (χ3n) is 4.41. The fraction of sp³-hybridized carbons (Fsp3) is 0.389. The normalized spacial score (nSPS) is 16.1. The Bertz CT molecular complexity index is 665. The first-order valence-corrected chi connectivity index (χ1v) is 8.48. The molecule has 0 N–H and O–H groups in total. The van der Waals surface area contributed by atoms with Crippen molar-refractivity contribution in [2.75, 3.05) is 13.7 Å². The number of aryl methyl sites for hydroxylation is 1. The van der Waals surface area contributed by atoms with Gasteiger partial charge >= 0.3 is 5.97 Å². The second kappa shape index (κ2) is 6.63. The van der Waals surface area contributed by atoms with E-state index in [4.69, 9.17) is 4.74 Å². The van der Waals surface area contributed by atoms with Crippen molar-refractivity contribution in [1.29, 1.82) is 0 Å². The van der Waals surface area contributed by atoms with Crippen LogP contribution in [0.15, 0.2) is 35.7 Å². The second-order valence-corrected chi connectivity index (χ2v) is 6.74. The summed E-state index contributed by atoms with van der Waals surface area (Å²) in [4.78, 5) is 15.8. The summed E-state index contributed by atoms with van der Waals surface area (Å²) in [6.45, 7) is 4.01. The number of thiophene rings is 1. The smallest absolute Gasteiger partial charge is 0.307 e. The van der Waals surface area contributed by atoms with Crippen molar-refractivity contribution in [2.45, 2.75) is 32.4 Å². The Morgan fingerprint density at radius 3 is 2.95 bits per heavy atom. The first kappa shape index (κ1) is 15.3. The molecule has 1 aliphatic heterocycles. The fourth-order valence-corrected chi connectivity index (χ4v) is 4.06. The molecule has 3 rings (SSSR count). The lowest BCUT2D eigenvalue weighted by molar-refractivity contribution is -0.142. The molecule has 116 valence electrons. The lowest BCUT2D eigenvalue weighted by atomic mass is 9.95. The molecule has 0 saturated carbocycles. The Morgan fingerprint density at radius 2 is 2.18 bits per heavy atom. The topological polar surface area (TPSA) is 29.5 Å². The van der Waals surface area contributed by atoms with Gasteiger partial charge in [0.1, 0.15) is 0 Å². The molecule has 2 heterocycles. The van der Waals surface area contributed by atoms with Gasteiger partial charge in [-0.1, -0.05) is 24.3 Å². The molecule has 22 heavy (non-hydrogen) atoms. The van der Waals surface area contributed by atoms with Crippen molar-refractivity contribution < 1.29 is 9.53 Å². The molecule has 0 saturated heterocycles. The molecular weight excluding hydrogens is 294 g/mol. The maximum Gasteiger partial charge on any atom is 0.307 e. The predicted molar refractivity (Wildman–Crippen MR) is 89.0 cm³/mol. The summed E-state index contributed by atoms with van der Waals surface area (Å²) in [5, 5.41) is 2.16. The number of fused-ring (bicyclic) bond motifs is 1. The van der Waals surface area contributed by atoms with Gasteiger partial charge in [0.25, 0.3) is 0 Å². The second-order valence-electron chi connectivity index (χ2n) is 5.74. The summed E-state index contributed by atoms with van der Waals surface area (Å²) in [6, 6.07) is 10.6. The number of carbonyl (C=O) groups is 1. The molecule has 0 bridgehead atoms. The van der Waals surface area contributed by atoms with Gasteiger partial charge in [-0.25, -0.2) is 0 Å². The number of rotatable bonds is 4. The molecule has 0 spiro atoms. The van der Waals surface area contributed by atoms with Crippen LogP contribution in [0.1, 0.15) is 34.0 Å².